The molecule has 0 aliphatic carbocycles. The fourth-order valence-corrected chi connectivity index (χ4v) is 3.25. The number of nitro groups is 1. The molecule has 0 aliphatic rings. The average molecular weight is 454 g/mol. The molecule has 2 rings (SSSR count). The zero-order chi connectivity index (χ0) is 24.1. The van der Waals surface area contributed by atoms with Crippen LogP contribution in [0.3, 0.4) is 0 Å². The van der Waals surface area contributed by atoms with Crippen molar-refractivity contribution in [1.29, 1.82) is 0 Å². The molecule has 2 atom stereocenters. The quantitative estimate of drug-likeness (QED) is 0.369. The third kappa shape index (κ3) is 10.5. The van der Waals surface area contributed by atoms with Crippen molar-refractivity contribution in [3.63, 3.8) is 0 Å². The van der Waals surface area contributed by atoms with E-state index in [1.807, 2.05) is 74.5 Å². The number of benzene rings is 2. The standard InChI is InChI=1S/C25H31N3O5/c1-19(2)17-23(27-25(30)33-18-21-11-7-4-8-12-21)24(29)26-22(15-16-28(31)32)14-13-20-9-5-3-6-10-20/h3-12,15-16,19,22-23H,13-14,17-18H2,1-2H3,(H,26,29)(H,27,30). The van der Waals surface area contributed by atoms with Gasteiger partial charge in [-0.1, -0.05) is 74.5 Å². The second-order valence-electron chi connectivity index (χ2n) is 8.15. The van der Waals surface area contributed by atoms with Crippen LogP contribution in [-0.4, -0.2) is 29.0 Å². The summed E-state index contributed by atoms with van der Waals surface area (Å²) in [7, 11) is 0. The number of nitrogens with one attached hydrogen (secondary N) is 2. The number of carbonyl (C=O) groups is 2. The van der Waals surface area contributed by atoms with Crippen LogP contribution in [-0.2, 0) is 22.6 Å². The van der Waals surface area contributed by atoms with E-state index in [1.54, 1.807) is 0 Å². The number of amides is 2. The predicted octanol–water partition coefficient (Wildman–Crippen LogP) is 4.24. The van der Waals surface area contributed by atoms with E-state index in [0.29, 0.717) is 19.3 Å². The van der Waals surface area contributed by atoms with Crippen LogP contribution in [0.5, 0.6) is 0 Å². The minimum Gasteiger partial charge on any atom is -0.445 e. The monoisotopic (exact) mass is 453 g/mol. The van der Waals surface area contributed by atoms with Gasteiger partial charge in [0.05, 0.1) is 11.0 Å². The molecule has 2 N–H and O–H groups in total. The fourth-order valence-electron chi connectivity index (χ4n) is 3.25. The second kappa shape index (κ2) is 13.7. The summed E-state index contributed by atoms with van der Waals surface area (Å²) in [6, 6.07) is 17.5. The molecule has 0 radical (unpaired) electrons. The normalized spacial score (nSPS) is 12.8. The Morgan fingerprint density at radius 1 is 1.00 bits per heavy atom. The minimum absolute atomic E-state index is 0.0912. The third-order valence-electron chi connectivity index (χ3n) is 4.88. The number of nitrogens with zero attached hydrogens (tertiary/aromatic N) is 1. The zero-order valence-electron chi connectivity index (χ0n) is 19.0. The average Bonchev–Trinajstić information content (AvgIpc) is 2.80. The summed E-state index contributed by atoms with van der Waals surface area (Å²) >= 11 is 0. The van der Waals surface area contributed by atoms with Crippen molar-refractivity contribution in [3.8, 4) is 0 Å². The molecule has 0 aliphatic heterocycles. The molecule has 0 bridgehead atoms. The maximum atomic E-state index is 13.0. The van der Waals surface area contributed by atoms with Crippen molar-refractivity contribution in [1.82, 2.24) is 10.6 Å². The van der Waals surface area contributed by atoms with Gasteiger partial charge in [0, 0.05) is 6.08 Å². The molecule has 0 fully saturated rings. The van der Waals surface area contributed by atoms with E-state index in [1.165, 1.54) is 6.08 Å². The number of rotatable bonds is 12. The maximum absolute atomic E-state index is 13.0. The van der Waals surface area contributed by atoms with Gasteiger partial charge in [-0.2, -0.15) is 0 Å². The molecule has 2 aromatic rings. The Kier molecular flexibility index (Phi) is 10.6. The van der Waals surface area contributed by atoms with E-state index < -0.39 is 29.0 Å². The Morgan fingerprint density at radius 3 is 2.18 bits per heavy atom. The third-order valence-corrected chi connectivity index (χ3v) is 4.88. The molecule has 176 valence electrons. The van der Waals surface area contributed by atoms with Gasteiger partial charge in [0.15, 0.2) is 0 Å². The first-order valence-corrected chi connectivity index (χ1v) is 11.0. The Hall–Kier alpha value is -3.68. The van der Waals surface area contributed by atoms with E-state index >= 15 is 0 Å². The van der Waals surface area contributed by atoms with Gasteiger partial charge in [-0.25, -0.2) is 4.79 Å². The topological polar surface area (TPSA) is 111 Å². The lowest BCUT2D eigenvalue weighted by Crippen LogP contribution is -2.50. The van der Waals surface area contributed by atoms with Crippen LogP contribution < -0.4 is 10.6 Å². The molecule has 0 aromatic heterocycles. The number of aryl methyl sites for hydroxylation is 1. The van der Waals surface area contributed by atoms with Gasteiger partial charge in [0.25, 0.3) is 0 Å². The largest absolute Gasteiger partial charge is 0.445 e. The molecular formula is C25H31N3O5. The molecule has 2 unspecified atom stereocenters. The molecular weight excluding hydrogens is 422 g/mol. The first-order chi connectivity index (χ1) is 15.8. The van der Waals surface area contributed by atoms with Crippen LogP contribution in [0.25, 0.3) is 0 Å². The molecule has 8 heteroatoms. The van der Waals surface area contributed by atoms with Crippen LogP contribution in [0.2, 0.25) is 0 Å². The van der Waals surface area contributed by atoms with Crippen LogP contribution >= 0.6 is 0 Å². The van der Waals surface area contributed by atoms with Gasteiger partial charge in [-0.15, -0.1) is 0 Å². The Bertz CT molecular complexity index is 916. The molecule has 33 heavy (non-hydrogen) atoms. The summed E-state index contributed by atoms with van der Waals surface area (Å²) in [4.78, 5) is 35.5. The van der Waals surface area contributed by atoms with E-state index in [2.05, 4.69) is 10.6 Å². The lowest BCUT2D eigenvalue weighted by molar-refractivity contribution is -0.402. The molecule has 2 amide bonds. The SMILES string of the molecule is CC(C)CC(NC(=O)OCc1ccccc1)C(=O)NC(C=C[N+](=O)[O-])CCc1ccccc1. The van der Waals surface area contributed by atoms with Gasteiger partial charge in [0.2, 0.25) is 12.1 Å². The van der Waals surface area contributed by atoms with Crippen LogP contribution in [0, 0.1) is 16.0 Å². The molecule has 0 heterocycles. The summed E-state index contributed by atoms with van der Waals surface area (Å²) in [6.45, 7) is 3.97. The highest BCUT2D eigenvalue weighted by molar-refractivity contribution is 5.86. The van der Waals surface area contributed by atoms with Gasteiger partial charge in [0.1, 0.15) is 12.6 Å². The van der Waals surface area contributed by atoms with Crippen molar-refractivity contribution < 1.29 is 19.2 Å². The van der Waals surface area contributed by atoms with Crippen molar-refractivity contribution in [3.05, 3.63) is 94.2 Å². The first-order valence-electron chi connectivity index (χ1n) is 11.0. The van der Waals surface area contributed by atoms with E-state index in [4.69, 9.17) is 4.74 Å². The summed E-state index contributed by atoms with van der Waals surface area (Å²) in [5.74, 6) is -0.279. The Labute approximate surface area is 194 Å². The van der Waals surface area contributed by atoms with Crippen LogP contribution in [0.4, 0.5) is 4.79 Å². The fraction of sp³-hybridized carbons (Fsp3) is 0.360. The van der Waals surface area contributed by atoms with Crippen LogP contribution in [0.1, 0.15) is 37.8 Å². The van der Waals surface area contributed by atoms with Gasteiger partial charge in [-0.3, -0.25) is 14.9 Å². The Balaban J connectivity index is 2.00. The second-order valence-corrected chi connectivity index (χ2v) is 8.15. The highest BCUT2D eigenvalue weighted by Gasteiger charge is 2.24. The summed E-state index contributed by atoms with van der Waals surface area (Å²) in [6.07, 6.45) is 3.01. The predicted molar refractivity (Wildman–Crippen MR) is 126 cm³/mol. The van der Waals surface area contributed by atoms with E-state index in [0.717, 1.165) is 17.3 Å². The lowest BCUT2D eigenvalue weighted by atomic mass is 10.0. The van der Waals surface area contributed by atoms with E-state index in [9.17, 15) is 19.7 Å². The number of alkyl carbamates (subject to hydrolysis) is 1. The number of carbonyl (C=O) groups excluding carboxylic acids is 2. The highest BCUT2D eigenvalue weighted by atomic mass is 16.6. The molecule has 0 spiro atoms. The first kappa shape index (κ1) is 25.6. The number of ether oxygens (including phenoxy) is 1. The zero-order valence-corrected chi connectivity index (χ0v) is 19.0. The van der Waals surface area contributed by atoms with Crippen LogP contribution in [0.15, 0.2) is 72.9 Å². The van der Waals surface area contributed by atoms with Crippen molar-refractivity contribution in [2.24, 2.45) is 5.92 Å². The summed E-state index contributed by atoms with van der Waals surface area (Å²) in [5.41, 5.74) is 1.90. The molecule has 2 aromatic carbocycles. The number of hydrogen-bond donors (Lipinski definition) is 2. The molecule has 0 saturated heterocycles. The summed E-state index contributed by atoms with van der Waals surface area (Å²) in [5, 5.41) is 16.3. The maximum Gasteiger partial charge on any atom is 0.408 e. The number of hydrogen-bond acceptors (Lipinski definition) is 5. The van der Waals surface area contributed by atoms with Gasteiger partial charge in [-0.05, 0) is 36.3 Å². The molecule has 0 saturated carbocycles. The lowest BCUT2D eigenvalue weighted by Gasteiger charge is -2.22. The smallest absolute Gasteiger partial charge is 0.408 e. The van der Waals surface area contributed by atoms with E-state index in [-0.39, 0.29) is 12.5 Å². The minimum atomic E-state index is -0.823. The Morgan fingerprint density at radius 2 is 1.61 bits per heavy atom. The highest BCUT2D eigenvalue weighted by Crippen LogP contribution is 2.10. The summed E-state index contributed by atoms with van der Waals surface area (Å²) < 4.78 is 5.25. The van der Waals surface area contributed by atoms with Gasteiger partial charge >= 0.3 is 6.09 Å². The van der Waals surface area contributed by atoms with Gasteiger partial charge < -0.3 is 15.4 Å². The van der Waals surface area contributed by atoms with Crippen molar-refractivity contribution in [2.75, 3.05) is 0 Å². The van der Waals surface area contributed by atoms with Crippen molar-refractivity contribution >= 4 is 12.0 Å². The van der Waals surface area contributed by atoms with Crippen molar-refractivity contribution in [2.45, 2.75) is 51.8 Å². The molecule has 8 nitrogen and oxygen atoms in total.